The van der Waals surface area contributed by atoms with Crippen molar-refractivity contribution in [1.29, 1.82) is 0 Å². The molecule has 0 saturated heterocycles. The number of hydrogen-bond donors (Lipinski definition) is 0. The van der Waals surface area contributed by atoms with Crippen molar-refractivity contribution in [2.45, 2.75) is 374 Å². The van der Waals surface area contributed by atoms with Crippen molar-refractivity contribution in [2.75, 3.05) is 13.2 Å². The lowest BCUT2D eigenvalue weighted by Gasteiger charge is -2.18. The lowest BCUT2D eigenvalue weighted by molar-refractivity contribution is -0.167. The molecular weight excluding hydrogens is 865 g/mol. The van der Waals surface area contributed by atoms with E-state index in [1.54, 1.807) is 0 Å². The Kier molecular flexibility index (Phi) is 57.0. The summed E-state index contributed by atoms with van der Waals surface area (Å²) in [5, 5.41) is 0. The van der Waals surface area contributed by atoms with Crippen molar-refractivity contribution in [3.05, 3.63) is 0 Å². The molecule has 0 saturated carbocycles. The molecule has 0 aliphatic rings. The van der Waals surface area contributed by atoms with Gasteiger partial charge in [-0.2, -0.15) is 0 Å². The molecule has 0 N–H and O–H groups in total. The Morgan fingerprint density at radius 3 is 0.700 bits per heavy atom. The Balaban J connectivity index is 4.23. The van der Waals surface area contributed by atoms with Gasteiger partial charge in [-0.3, -0.25) is 14.4 Å². The first-order chi connectivity index (χ1) is 34.4. The molecule has 0 fully saturated rings. The Morgan fingerprint density at radius 2 is 0.471 bits per heavy atom. The van der Waals surface area contributed by atoms with E-state index in [0.29, 0.717) is 19.3 Å². The molecule has 1 atom stereocenters. The lowest BCUT2D eigenvalue weighted by atomic mass is 10.0. The molecule has 0 spiro atoms. The van der Waals surface area contributed by atoms with Crippen molar-refractivity contribution in [3.8, 4) is 0 Å². The summed E-state index contributed by atoms with van der Waals surface area (Å²) < 4.78 is 16.9. The maximum Gasteiger partial charge on any atom is 0.306 e. The number of unbranched alkanes of at least 4 members (excludes halogenated alkanes) is 46. The van der Waals surface area contributed by atoms with Crippen LogP contribution in [0, 0.1) is 5.92 Å². The topological polar surface area (TPSA) is 78.9 Å². The van der Waals surface area contributed by atoms with E-state index in [9.17, 15) is 14.4 Å². The summed E-state index contributed by atoms with van der Waals surface area (Å²) in [6.45, 7) is 9.09. The molecule has 0 radical (unpaired) electrons. The predicted octanol–water partition coefficient (Wildman–Crippen LogP) is 21.4. The lowest BCUT2D eigenvalue weighted by Crippen LogP contribution is -2.30. The second-order valence-electron chi connectivity index (χ2n) is 22.5. The van der Waals surface area contributed by atoms with E-state index in [4.69, 9.17) is 14.2 Å². The molecule has 0 heterocycles. The first-order valence-corrected chi connectivity index (χ1v) is 31.9. The molecule has 0 aromatic carbocycles. The zero-order chi connectivity index (χ0) is 50.9. The van der Waals surface area contributed by atoms with E-state index in [1.807, 2.05) is 0 Å². The fourth-order valence-electron chi connectivity index (χ4n) is 9.99. The largest absolute Gasteiger partial charge is 0.462 e. The van der Waals surface area contributed by atoms with Crippen LogP contribution in [-0.2, 0) is 28.6 Å². The van der Waals surface area contributed by atoms with Crippen LogP contribution in [0.15, 0.2) is 0 Å². The molecule has 416 valence electrons. The van der Waals surface area contributed by atoms with Gasteiger partial charge in [0, 0.05) is 19.3 Å². The number of carbonyl (C=O) groups is 3. The van der Waals surface area contributed by atoms with Crippen LogP contribution in [0.4, 0.5) is 0 Å². The average Bonchev–Trinajstić information content (AvgIpc) is 3.35. The standard InChI is InChI=1S/C64H124O6/c1-5-7-9-11-13-15-17-19-20-21-22-26-29-32-36-40-44-48-52-56-63(66)69-59-61(58-68-62(65)55-51-47-43-39-35-18-16-14-12-10-8-6-2)70-64(67)57-53-49-45-41-37-33-30-27-24-23-25-28-31-34-38-42-46-50-54-60(3)4/h60-61H,5-59H2,1-4H3/t61-/m0/s1. The van der Waals surface area contributed by atoms with Crippen LogP contribution in [0.3, 0.4) is 0 Å². The number of esters is 3. The van der Waals surface area contributed by atoms with E-state index in [0.717, 1.165) is 63.7 Å². The van der Waals surface area contributed by atoms with Crippen LogP contribution in [0.1, 0.15) is 368 Å². The summed E-state index contributed by atoms with van der Waals surface area (Å²) in [7, 11) is 0. The zero-order valence-corrected chi connectivity index (χ0v) is 48.0. The average molecular weight is 990 g/mol. The SMILES string of the molecule is CCCCCCCCCCCCCCCCCCCCCC(=O)OC[C@H](COC(=O)CCCCCCCCCCCCCC)OC(=O)CCCCCCCCCCCCCCCCCCCCC(C)C. The van der Waals surface area contributed by atoms with Crippen LogP contribution in [0.5, 0.6) is 0 Å². The first kappa shape index (κ1) is 68.4. The van der Waals surface area contributed by atoms with E-state index < -0.39 is 6.10 Å². The van der Waals surface area contributed by atoms with Crippen LogP contribution >= 0.6 is 0 Å². The van der Waals surface area contributed by atoms with Crippen molar-refractivity contribution in [3.63, 3.8) is 0 Å². The maximum absolute atomic E-state index is 12.9. The second kappa shape index (κ2) is 58.3. The van der Waals surface area contributed by atoms with Crippen LogP contribution in [0.25, 0.3) is 0 Å². The third-order valence-corrected chi connectivity index (χ3v) is 14.8. The molecule has 0 unspecified atom stereocenters. The van der Waals surface area contributed by atoms with E-state index in [-0.39, 0.29) is 31.1 Å². The predicted molar refractivity (Wildman–Crippen MR) is 303 cm³/mol. The molecule has 70 heavy (non-hydrogen) atoms. The van der Waals surface area contributed by atoms with Gasteiger partial charge in [0.25, 0.3) is 0 Å². The van der Waals surface area contributed by atoms with E-state index in [1.165, 1.54) is 263 Å². The van der Waals surface area contributed by atoms with Crippen molar-refractivity contribution < 1.29 is 28.6 Å². The molecule has 0 aliphatic heterocycles. The molecule has 0 aromatic rings. The number of hydrogen-bond acceptors (Lipinski definition) is 6. The van der Waals surface area contributed by atoms with Gasteiger partial charge < -0.3 is 14.2 Å². The zero-order valence-electron chi connectivity index (χ0n) is 48.0. The molecule has 0 amide bonds. The second-order valence-corrected chi connectivity index (χ2v) is 22.5. The number of rotatable bonds is 59. The van der Waals surface area contributed by atoms with Gasteiger partial charge in [-0.15, -0.1) is 0 Å². The minimum absolute atomic E-state index is 0.0612. The highest BCUT2D eigenvalue weighted by Gasteiger charge is 2.19. The minimum atomic E-state index is -0.762. The molecular formula is C64H124O6. The van der Waals surface area contributed by atoms with Crippen molar-refractivity contribution >= 4 is 17.9 Å². The quantitative estimate of drug-likeness (QED) is 0.0343. The van der Waals surface area contributed by atoms with Gasteiger partial charge in [0.2, 0.25) is 0 Å². The summed E-state index contributed by atoms with van der Waals surface area (Å²) in [5.41, 5.74) is 0. The monoisotopic (exact) mass is 989 g/mol. The van der Waals surface area contributed by atoms with Crippen LogP contribution < -0.4 is 0 Å². The minimum Gasteiger partial charge on any atom is -0.462 e. The van der Waals surface area contributed by atoms with E-state index >= 15 is 0 Å². The fourth-order valence-corrected chi connectivity index (χ4v) is 9.99. The number of ether oxygens (including phenoxy) is 3. The van der Waals surface area contributed by atoms with Gasteiger partial charge in [0.05, 0.1) is 0 Å². The Labute approximate surface area is 438 Å². The Bertz CT molecular complexity index is 1060. The van der Waals surface area contributed by atoms with Gasteiger partial charge in [0.1, 0.15) is 13.2 Å². The summed E-state index contributed by atoms with van der Waals surface area (Å²) in [6, 6.07) is 0. The summed E-state index contributed by atoms with van der Waals surface area (Å²) in [6.07, 6.45) is 65.4. The van der Waals surface area contributed by atoms with Gasteiger partial charge in [0.15, 0.2) is 6.10 Å². The molecule has 0 rings (SSSR count). The molecule has 6 heteroatoms. The Morgan fingerprint density at radius 1 is 0.271 bits per heavy atom. The van der Waals surface area contributed by atoms with Crippen molar-refractivity contribution in [1.82, 2.24) is 0 Å². The molecule has 6 nitrogen and oxygen atoms in total. The highest BCUT2D eigenvalue weighted by Crippen LogP contribution is 2.19. The molecule has 0 aliphatic carbocycles. The van der Waals surface area contributed by atoms with Crippen molar-refractivity contribution in [2.24, 2.45) is 5.92 Å². The summed E-state index contributed by atoms with van der Waals surface area (Å²) >= 11 is 0. The van der Waals surface area contributed by atoms with Gasteiger partial charge >= 0.3 is 17.9 Å². The van der Waals surface area contributed by atoms with Crippen LogP contribution in [0.2, 0.25) is 0 Å². The highest BCUT2D eigenvalue weighted by molar-refractivity contribution is 5.71. The van der Waals surface area contributed by atoms with Crippen LogP contribution in [-0.4, -0.2) is 37.2 Å². The van der Waals surface area contributed by atoms with E-state index in [2.05, 4.69) is 27.7 Å². The smallest absolute Gasteiger partial charge is 0.306 e. The normalized spacial score (nSPS) is 12.0. The van der Waals surface area contributed by atoms with Gasteiger partial charge in [-0.05, 0) is 25.2 Å². The summed E-state index contributed by atoms with van der Waals surface area (Å²) in [5.74, 6) is 0.0296. The summed E-state index contributed by atoms with van der Waals surface area (Å²) in [4.78, 5) is 38.2. The maximum atomic E-state index is 12.9. The molecule has 0 aromatic heterocycles. The molecule has 0 bridgehead atoms. The third kappa shape index (κ3) is 57.3. The van der Waals surface area contributed by atoms with Gasteiger partial charge in [-0.1, -0.05) is 329 Å². The highest BCUT2D eigenvalue weighted by atomic mass is 16.6. The third-order valence-electron chi connectivity index (χ3n) is 14.8. The number of carbonyl (C=O) groups excluding carboxylic acids is 3. The Hall–Kier alpha value is -1.59. The first-order valence-electron chi connectivity index (χ1n) is 31.9. The fraction of sp³-hybridized carbons (Fsp3) is 0.953. The van der Waals surface area contributed by atoms with Gasteiger partial charge in [-0.25, -0.2) is 0 Å².